The summed E-state index contributed by atoms with van der Waals surface area (Å²) in [4.78, 5) is 0. The third kappa shape index (κ3) is 11.1. The fraction of sp³-hybridized carbons (Fsp3) is 0.556. The lowest BCUT2D eigenvalue weighted by Crippen LogP contribution is -2.55. The first-order valence-electron chi connectivity index (χ1n) is 16.2. The van der Waals surface area contributed by atoms with Crippen LogP contribution in [-0.4, -0.2) is 41.1 Å². The Hall–Kier alpha value is -2.39. The standard InChI is InChI=1S/C36H52F6O4Si2/c1-12-25(16-14-20-34(43,35(37,38)39)36(40,41)42)26-15-13-17-27(22-26)44-23-24-18-19-28(30(32(2,3)4)45-47(8)9)29(21-24)31(33(5,6)7)46-48(10)11/h13-22,30-31,43,47-48H,12,23H2,1-11H3. The molecule has 0 fully saturated rings. The van der Waals surface area contributed by atoms with Gasteiger partial charge in [0.15, 0.2) is 18.1 Å². The van der Waals surface area contributed by atoms with Crippen LogP contribution < -0.4 is 4.74 Å². The van der Waals surface area contributed by atoms with E-state index in [4.69, 9.17) is 13.6 Å². The second kappa shape index (κ2) is 16.1. The highest BCUT2D eigenvalue weighted by Gasteiger charge is 2.68. The van der Waals surface area contributed by atoms with Gasteiger partial charge in [-0.3, -0.25) is 0 Å². The van der Waals surface area contributed by atoms with E-state index in [0.29, 0.717) is 29.4 Å². The molecule has 48 heavy (non-hydrogen) atoms. The quantitative estimate of drug-likeness (QED) is 0.127. The van der Waals surface area contributed by atoms with Gasteiger partial charge in [0.2, 0.25) is 0 Å². The van der Waals surface area contributed by atoms with Gasteiger partial charge in [0, 0.05) is 0 Å². The Morgan fingerprint density at radius 2 is 1.29 bits per heavy atom. The molecule has 1 N–H and O–H groups in total. The van der Waals surface area contributed by atoms with Crippen LogP contribution in [0, 0.1) is 10.8 Å². The second-order valence-corrected chi connectivity index (χ2v) is 19.5. The summed E-state index contributed by atoms with van der Waals surface area (Å²) in [5.74, 6) is 0.475. The summed E-state index contributed by atoms with van der Waals surface area (Å²) in [5, 5.41) is 9.43. The van der Waals surface area contributed by atoms with Crippen molar-refractivity contribution >= 4 is 23.7 Å². The van der Waals surface area contributed by atoms with Crippen LogP contribution in [0.1, 0.15) is 89.3 Å². The fourth-order valence-electron chi connectivity index (χ4n) is 5.24. The van der Waals surface area contributed by atoms with Crippen LogP contribution in [0.2, 0.25) is 26.2 Å². The molecule has 0 aliphatic heterocycles. The highest BCUT2D eigenvalue weighted by atomic mass is 28.3. The van der Waals surface area contributed by atoms with Gasteiger partial charge in [0.1, 0.15) is 12.4 Å². The number of rotatable bonds is 13. The van der Waals surface area contributed by atoms with Gasteiger partial charge < -0.3 is 18.7 Å². The number of halogens is 6. The zero-order chi connectivity index (χ0) is 36.9. The van der Waals surface area contributed by atoms with Crippen molar-refractivity contribution in [3.05, 3.63) is 82.9 Å². The molecule has 270 valence electrons. The first-order chi connectivity index (χ1) is 21.8. The molecule has 2 atom stereocenters. The van der Waals surface area contributed by atoms with E-state index in [9.17, 15) is 31.4 Å². The second-order valence-electron chi connectivity index (χ2n) is 14.8. The highest BCUT2D eigenvalue weighted by Crippen LogP contribution is 2.46. The molecule has 2 aromatic carbocycles. The minimum absolute atomic E-state index is 0.135. The Balaban J connectivity index is 2.50. The zero-order valence-corrected chi connectivity index (χ0v) is 32.2. The van der Waals surface area contributed by atoms with E-state index in [2.05, 4.69) is 79.9 Å². The van der Waals surface area contributed by atoms with Gasteiger partial charge in [-0.2, -0.15) is 26.3 Å². The third-order valence-corrected chi connectivity index (χ3v) is 9.23. The number of ether oxygens (including phenoxy) is 1. The molecule has 2 aromatic rings. The van der Waals surface area contributed by atoms with E-state index in [0.717, 1.165) is 22.8 Å². The number of aliphatic hydroxyl groups is 1. The number of alkyl halides is 6. The van der Waals surface area contributed by atoms with Gasteiger partial charge in [-0.1, -0.05) is 84.9 Å². The Bertz CT molecular complexity index is 1390. The van der Waals surface area contributed by atoms with Gasteiger partial charge in [0.05, 0.1) is 12.2 Å². The number of hydrogen-bond donors (Lipinski definition) is 1. The van der Waals surface area contributed by atoms with Crippen molar-refractivity contribution in [2.45, 2.75) is 118 Å². The maximum Gasteiger partial charge on any atom is 0.430 e. The molecule has 2 rings (SSSR count). The molecule has 0 saturated heterocycles. The first kappa shape index (κ1) is 41.8. The Labute approximate surface area is 285 Å². The van der Waals surface area contributed by atoms with Gasteiger partial charge in [-0.25, -0.2) is 0 Å². The lowest BCUT2D eigenvalue weighted by molar-refractivity contribution is -0.347. The van der Waals surface area contributed by atoms with Crippen LogP contribution >= 0.6 is 0 Å². The maximum absolute atomic E-state index is 13.1. The maximum atomic E-state index is 13.1. The topological polar surface area (TPSA) is 47.9 Å². The Morgan fingerprint density at radius 3 is 1.75 bits per heavy atom. The predicted molar refractivity (Wildman–Crippen MR) is 186 cm³/mol. The summed E-state index contributed by atoms with van der Waals surface area (Å²) in [5.41, 5.74) is -1.25. The average molecular weight is 719 g/mol. The van der Waals surface area contributed by atoms with Crippen LogP contribution in [-0.2, 0) is 15.5 Å². The lowest BCUT2D eigenvalue weighted by atomic mass is 9.77. The predicted octanol–water partition coefficient (Wildman–Crippen LogP) is 10.6. The molecular formula is C36H52F6O4Si2. The third-order valence-electron chi connectivity index (χ3n) is 7.60. The largest absolute Gasteiger partial charge is 0.489 e. The summed E-state index contributed by atoms with van der Waals surface area (Å²) >= 11 is 0. The SMILES string of the molecule is CCC(=CC=CC(O)(C(F)(F)F)C(F)(F)F)c1cccc(OCc2ccc(C(O[SiH](C)C)C(C)(C)C)c(C(O[SiH](C)C)C(C)(C)C)c2)c1. The normalized spacial score (nSPS) is 15.5. The monoisotopic (exact) mass is 718 g/mol. The summed E-state index contributed by atoms with van der Waals surface area (Å²) in [6, 6.07) is 13.1. The van der Waals surface area contributed by atoms with Crippen LogP contribution in [0.3, 0.4) is 0 Å². The molecule has 0 aromatic heterocycles. The average Bonchev–Trinajstić information content (AvgIpc) is 2.93. The molecule has 2 unspecified atom stereocenters. The van der Waals surface area contributed by atoms with E-state index in [1.807, 2.05) is 6.07 Å². The molecule has 0 aliphatic carbocycles. The number of benzene rings is 2. The Morgan fingerprint density at radius 1 is 0.771 bits per heavy atom. The van der Waals surface area contributed by atoms with Gasteiger partial charge in [0.25, 0.3) is 5.60 Å². The molecule has 0 heterocycles. The molecule has 0 amide bonds. The van der Waals surface area contributed by atoms with E-state index in [-0.39, 0.29) is 35.7 Å². The van der Waals surface area contributed by atoms with Gasteiger partial charge in [-0.15, -0.1) is 0 Å². The fourth-order valence-corrected chi connectivity index (χ4v) is 7.43. The van der Waals surface area contributed by atoms with E-state index < -0.39 is 36.0 Å². The summed E-state index contributed by atoms with van der Waals surface area (Å²) in [6.07, 6.45) is -10.4. The van der Waals surface area contributed by atoms with E-state index >= 15 is 0 Å². The number of hydrogen-bond acceptors (Lipinski definition) is 4. The van der Waals surface area contributed by atoms with Crippen molar-refractivity contribution in [1.29, 1.82) is 0 Å². The minimum atomic E-state index is -5.93. The highest BCUT2D eigenvalue weighted by molar-refractivity contribution is 6.48. The smallest absolute Gasteiger partial charge is 0.430 e. The van der Waals surface area contributed by atoms with Crippen molar-refractivity contribution in [2.24, 2.45) is 10.8 Å². The van der Waals surface area contributed by atoms with Crippen molar-refractivity contribution < 1.29 is 45.0 Å². The van der Waals surface area contributed by atoms with E-state index in [1.54, 1.807) is 31.2 Å². The molecule has 4 nitrogen and oxygen atoms in total. The zero-order valence-electron chi connectivity index (χ0n) is 29.9. The van der Waals surface area contributed by atoms with Crippen LogP contribution in [0.4, 0.5) is 26.3 Å². The lowest BCUT2D eigenvalue weighted by Gasteiger charge is -2.39. The first-order valence-corrected chi connectivity index (χ1v) is 21.8. The molecule has 0 spiro atoms. The molecule has 0 radical (unpaired) electrons. The summed E-state index contributed by atoms with van der Waals surface area (Å²) < 4.78 is 98.0. The van der Waals surface area contributed by atoms with Crippen molar-refractivity contribution in [3.63, 3.8) is 0 Å². The number of allylic oxidation sites excluding steroid dienone is 3. The van der Waals surface area contributed by atoms with Gasteiger partial charge in [-0.05, 0) is 95.5 Å². The molecule has 0 saturated carbocycles. The van der Waals surface area contributed by atoms with Crippen molar-refractivity contribution in [1.82, 2.24) is 0 Å². The molecular weight excluding hydrogens is 667 g/mol. The summed E-state index contributed by atoms with van der Waals surface area (Å²) in [6.45, 7) is 23.6. The van der Waals surface area contributed by atoms with Crippen LogP contribution in [0.15, 0.2) is 60.7 Å². The Kier molecular flexibility index (Phi) is 14.0. The molecule has 0 aliphatic rings. The minimum Gasteiger partial charge on any atom is -0.489 e. The van der Waals surface area contributed by atoms with Crippen molar-refractivity contribution in [2.75, 3.05) is 0 Å². The van der Waals surface area contributed by atoms with Crippen LogP contribution in [0.25, 0.3) is 5.57 Å². The van der Waals surface area contributed by atoms with Crippen LogP contribution in [0.5, 0.6) is 5.75 Å². The van der Waals surface area contributed by atoms with Crippen molar-refractivity contribution in [3.8, 4) is 5.75 Å². The van der Waals surface area contributed by atoms with E-state index in [1.165, 1.54) is 0 Å². The molecule has 12 heteroatoms. The summed E-state index contributed by atoms with van der Waals surface area (Å²) in [7, 11) is -2.87. The molecule has 0 bridgehead atoms. The van der Waals surface area contributed by atoms with Gasteiger partial charge >= 0.3 is 12.4 Å².